The van der Waals surface area contributed by atoms with Crippen LogP contribution in [-0.2, 0) is 23.0 Å². The number of carbonyl (C=O) groups is 2. The Balaban J connectivity index is 1.63. The lowest BCUT2D eigenvalue weighted by Crippen LogP contribution is -2.44. The monoisotopic (exact) mass is 450 g/mol. The van der Waals surface area contributed by atoms with Gasteiger partial charge in [-0.3, -0.25) is 9.59 Å². The minimum Gasteiger partial charge on any atom is -0.367 e. The van der Waals surface area contributed by atoms with Gasteiger partial charge in [0.05, 0.1) is 0 Å². The maximum absolute atomic E-state index is 13.9. The van der Waals surface area contributed by atoms with E-state index in [1.54, 1.807) is 24.3 Å². The second-order valence-electron chi connectivity index (χ2n) is 8.91. The molecule has 0 spiro atoms. The van der Waals surface area contributed by atoms with E-state index in [-0.39, 0.29) is 40.6 Å². The van der Waals surface area contributed by atoms with E-state index in [4.69, 9.17) is 0 Å². The summed E-state index contributed by atoms with van der Waals surface area (Å²) in [6.45, 7) is 3.78. The van der Waals surface area contributed by atoms with Crippen LogP contribution >= 0.6 is 0 Å². The Hall–Kier alpha value is -2.77. The van der Waals surface area contributed by atoms with Crippen molar-refractivity contribution in [2.75, 3.05) is 19.6 Å². The molecule has 2 heterocycles. The molecule has 0 N–H and O–H groups in total. The summed E-state index contributed by atoms with van der Waals surface area (Å²) in [5, 5.41) is 0. The van der Waals surface area contributed by atoms with Crippen LogP contribution in [0.25, 0.3) is 0 Å². The molecule has 1 aliphatic carbocycles. The second kappa shape index (κ2) is 7.98. The van der Waals surface area contributed by atoms with Gasteiger partial charge in [-0.05, 0) is 36.3 Å². The first-order chi connectivity index (χ1) is 15.4. The molecule has 0 bridgehead atoms. The highest BCUT2D eigenvalue weighted by molar-refractivity contribution is 7.94. The summed E-state index contributed by atoms with van der Waals surface area (Å²) in [6, 6.07) is 14.3. The zero-order chi connectivity index (χ0) is 22.5. The average molecular weight is 451 g/mol. The highest BCUT2D eigenvalue weighted by Crippen LogP contribution is 2.36. The summed E-state index contributed by atoms with van der Waals surface area (Å²) in [5.74, 6) is -0.439. The van der Waals surface area contributed by atoms with Crippen molar-refractivity contribution in [2.45, 2.75) is 32.7 Å². The van der Waals surface area contributed by atoms with Crippen molar-refractivity contribution in [1.82, 2.24) is 9.21 Å². The standard InChI is InChI=1S/C25H26N2O4S/c1-17-10-13-26(14-11-17)22-23(28)20-8-4-5-9-21(20)24(29)25(22)32(30,31)27-15-12-18-6-2-3-7-19(18)16-27/h2-9,17H,10-16H2,1H3. The Kier molecular flexibility index (Phi) is 5.26. The zero-order valence-electron chi connectivity index (χ0n) is 18.1. The number of carbonyl (C=O) groups excluding carboxylic acids is 2. The maximum Gasteiger partial charge on any atom is 0.249 e. The zero-order valence-corrected chi connectivity index (χ0v) is 18.9. The van der Waals surface area contributed by atoms with Crippen LogP contribution in [0.3, 0.4) is 0 Å². The van der Waals surface area contributed by atoms with Crippen LogP contribution in [0.5, 0.6) is 0 Å². The summed E-state index contributed by atoms with van der Waals surface area (Å²) >= 11 is 0. The topological polar surface area (TPSA) is 74.8 Å². The first kappa shape index (κ1) is 21.1. The second-order valence-corrected chi connectivity index (χ2v) is 10.8. The summed E-state index contributed by atoms with van der Waals surface area (Å²) in [4.78, 5) is 28.6. The molecule has 2 aromatic carbocycles. The molecule has 7 heteroatoms. The molecule has 5 rings (SSSR count). The summed E-state index contributed by atoms with van der Waals surface area (Å²) in [7, 11) is -4.16. The Morgan fingerprint density at radius 1 is 0.812 bits per heavy atom. The molecule has 32 heavy (non-hydrogen) atoms. The lowest BCUT2D eigenvalue weighted by molar-refractivity contribution is 0.0932. The number of rotatable bonds is 3. The largest absolute Gasteiger partial charge is 0.367 e. The summed E-state index contributed by atoms with van der Waals surface area (Å²) in [6.07, 6.45) is 2.30. The Bertz CT molecular complexity index is 1240. The number of benzene rings is 2. The van der Waals surface area contributed by atoms with Crippen molar-refractivity contribution < 1.29 is 18.0 Å². The van der Waals surface area contributed by atoms with Gasteiger partial charge < -0.3 is 4.90 Å². The molecule has 166 valence electrons. The number of likely N-dealkylation sites (tertiary alicyclic amines) is 1. The van der Waals surface area contributed by atoms with Gasteiger partial charge in [-0.25, -0.2) is 8.42 Å². The number of nitrogens with zero attached hydrogens (tertiary/aromatic N) is 2. The van der Waals surface area contributed by atoms with Crippen molar-refractivity contribution in [3.8, 4) is 0 Å². The molecule has 0 aromatic heterocycles. The fourth-order valence-electron chi connectivity index (χ4n) is 4.90. The van der Waals surface area contributed by atoms with Crippen LogP contribution in [-0.4, -0.2) is 48.8 Å². The first-order valence-corrected chi connectivity index (χ1v) is 12.6. The molecular formula is C25H26N2O4S. The molecule has 6 nitrogen and oxygen atoms in total. The highest BCUT2D eigenvalue weighted by atomic mass is 32.2. The Morgan fingerprint density at radius 3 is 2.09 bits per heavy atom. The lowest BCUT2D eigenvalue weighted by atomic mass is 9.90. The number of sulfonamides is 1. The fourth-order valence-corrected chi connectivity index (χ4v) is 6.61. The molecule has 0 radical (unpaired) electrons. The molecule has 0 amide bonds. The van der Waals surface area contributed by atoms with E-state index in [2.05, 4.69) is 6.92 Å². The normalized spacial score (nSPS) is 20.3. The van der Waals surface area contributed by atoms with Crippen LogP contribution < -0.4 is 0 Å². The van der Waals surface area contributed by atoms with E-state index in [1.807, 2.05) is 29.2 Å². The van der Waals surface area contributed by atoms with Gasteiger partial charge >= 0.3 is 0 Å². The van der Waals surface area contributed by atoms with E-state index < -0.39 is 15.8 Å². The molecule has 1 fully saturated rings. The molecule has 2 aliphatic heterocycles. The Labute approximate surface area is 188 Å². The van der Waals surface area contributed by atoms with Gasteiger partial charge in [0.2, 0.25) is 21.6 Å². The number of hydrogen-bond donors (Lipinski definition) is 0. The SMILES string of the molecule is CC1CCN(C2=C(S(=O)(=O)N3CCc4ccccc4C3)C(=O)c3ccccc3C2=O)CC1. The van der Waals surface area contributed by atoms with E-state index in [0.717, 1.165) is 24.0 Å². The van der Waals surface area contributed by atoms with Crippen LogP contribution in [0.1, 0.15) is 51.6 Å². The van der Waals surface area contributed by atoms with E-state index in [0.29, 0.717) is 25.4 Å². The van der Waals surface area contributed by atoms with Crippen molar-refractivity contribution in [1.29, 1.82) is 0 Å². The quantitative estimate of drug-likeness (QED) is 0.717. The van der Waals surface area contributed by atoms with E-state index >= 15 is 0 Å². The molecular weight excluding hydrogens is 424 g/mol. The van der Waals surface area contributed by atoms with Gasteiger partial charge in [-0.2, -0.15) is 4.31 Å². The van der Waals surface area contributed by atoms with Crippen LogP contribution in [0.15, 0.2) is 59.1 Å². The third kappa shape index (κ3) is 3.40. The summed E-state index contributed by atoms with van der Waals surface area (Å²) in [5.41, 5.74) is 2.57. The van der Waals surface area contributed by atoms with E-state index in [1.165, 1.54) is 4.31 Å². The van der Waals surface area contributed by atoms with Crippen LogP contribution in [0.4, 0.5) is 0 Å². The van der Waals surface area contributed by atoms with Crippen LogP contribution in [0.2, 0.25) is 0 Å². The number of allylic oxidation sites excluding steroid dienone is 2. The Morgan fingerprint density at radius 2 is 1.41 bits per heavy atom. The first-order valence-electron chi connectivity index (χ1n) is 11.1. The van der Waals surface area contributed by atoms with Gasteiger partial charge in [0, 0.05) is 37.3 Å². The predicted molar refractivity (Wildman–Crippen MR) is 122 cm³/mol. The van der Waals surface area contributed by atoms with Gasteiger partial charge in [0.1, 0.15) is 5.70 Å². The summed E-state index contributed by atoms with van der Waals surface area (Å²) < 4.78 is 29.2. The highest BCUT2D eigenvalue weighted by Gasteiger charge is 2.44. The van der Waals surface area contributed by atoms with Crippen molar-refractivity contribution in [3.63, 3.8) is 0 Å². The van der Waals surface area contributed by atoms with Crippen LogP contribution in [0, 0.1) is 5.92 Å². The minimum absolute atomic E-state index is 0.0551. The molecule has 2 aromatic rings. The number of Topliss-reactive ketones (excluding diaryl/α,β-unsaturated/α-hetero) is 2. The number of hydrogen-bond acceptors (Lipinski definition) is 5. The van der Waals surface area contributed by atoms with Gasteiger partial charge in [-0.1, -0.05) is 55.5 Å². The van der Waals surface area contributed by atoms with Gasteiger partial charge in [0.15, 0.2) is 4.91 Å². The molecule has 3 aliphatic rings. The molecule has 0 atom stereocenters. The van der Waals surface area contributed by atoms with Crippen molar-refractivity contribution in [2.24, 2.45) is 5.92 Å². The minimum atomic E-state index is -4.16. The number of fused-ring (bicyclic) bond motifs is 2. The smallest absolute Gasteiger partial charge is 0.249 e. The third-order valence-corrected chi connectivity index (χ3v) is 8.73. The molecule has 0 saturated carbocycles. The lowest BCUT2D eigenvalue weighted by Gasteiger charge is -2.37. The maximum atomic E-state index is 13.9. The van der Waals surface area contributed by atoms with Crippen molar-refractivity contribution >= 4 is 21.6 Å². The fraction of sp³-hybridized carbons (Fsp3) is 0.360. The number of piperidine rings is 1. The average Bonchev–Trinajstić information content (AvgIpc) is 2.81. The van der Waals surface area contributed by atoms with Gasteiger partial charge in [-0.15, -0.1) is 0 Å². The predicted octanol–water partition coefficient (Wildman–Crippen LogP) is 3.40. The molecule has 1 saturated heterocycles. The number of ketones is 2. The van der Waals surface area contributed by atoms with Gasteiger partial charge in [0.25, 0.3) is 0 Å². The van der Waals surface area contributed by atoms with Crippen molar-refractivity contribution in [3.05, 3.63) is 81.4 Å². The van der Waals surface area contributed by atoms with E-state index in [9.17, 15) is 18.0 Å². The molecule has 0 unspecified atom stereocenters. The third-order valence-electron chi connectivity index (χ3n) is 6.85.